The number of fused-ring (bicyclic) bond motifs is 1. The number of carbonyl (C=O) groups excluding carboxylic acids is 1. The molecule has 0 aliphatic rings. The van der Waals surface area contributed by atoms with E-state index in [1.165, 1.54) is 0 Å². The summed E-state index contributed by atoms with van der Waals surface area (Å²) in [5, 5.41) is 2.97. The fraction of sp³-hybridized carbons (Fsp3) is 0.588. The molecule has 0 aromatic carbocycles. The van der Waals surface area contributed by atoms with E-state index < -0.39 is 8.07 Å². The average molecular weight is 349 g/mol. The Kier molecular flexibility index (Phi) is 5.44. The molecular weight excluding hydrogens is 320 g/mol. The lowest BCUT2D eigenvalue weighted by molar-refractivity contribution is 0.0886. The highest BCUT2D eigenvalue weighted by Crippen LogP contribution is 2.18. The van der Waals surface area contributed by atoms with E-state index >= 15 is 0 Å². The van der Waals surface area contributed by atoms with Gasteiger partial charge in [0.1, 0.15) is 12.2 Å². The molecule has 0 aliphatic heterocycles. The zero-order valence-electron chi connectivity index (χ0n) is 15.5. The lowest BCUT2D eigenvalue weighted by Crippen LogP contribution is -2.40. The second-order valence-electron chi connectivity index (χ2n) is 8.29. The predicted octanol–water partition coefficient (Wildman–Crippen LogP) is 3.27. The van der Waals surface area contributed by atoms with Crippen LogP contribution in [0.3, 0.4) is 0 Å². The summed E-state index contributed by atoms with van der Waals surface area (Å²) in [4.78, 5) is 21.2. The molecule has 0 saturated carbocycles. The molecule has 0 atom stereocenters. The van der Waals surface area contributed by atoms with Crippen LogP contribution in [0.1, 0.15) is 31.1 Å². The molecule has 6 nitrogen and oxygen atoms in total. The van der Waals surface area contributed by atoms with E-state index in [0.717, 1.165) is 12.7 Å². The number of nitrogens with zero attached hydrogens (tertiary/aromatic N) is 3. The highest BCUT2D eigenvalue weighted by atomic mass is 28.3. The Labute approximate surface area is 144 Å². The smallest absolute Gasteiger partial charge is 0.255 e. The van der Waals surface area contributed by atoms with Crippen molar-refractivity contribution >= 4 is 25.1 Å². The van der Waals surface area contributed by atoms with Crippen LogP contribution in [0, 0.1) is 0 Å². The van der Waals surface area contributed by atoms with Crippen molar-refractivity contribution < 1.29 is 9.53 Å². The van der Waals surface area contributed by atoms with Gasteiger partial charge in [0.25, 0.3) is 5.91 Å². The second kappa shape index (κ2) is 7.02. The van der Waals surface area contributed by atoms with Crippen LogP contribution in [0.4, 0.5) is 0 Å². The first-order chi connectivity index (χ1) is 11.1. The number of amides is 1. The van der Waals surface area contributed by atoms with Gasteiger partial charge in [0.05, 0.1) is 5.56 Å². The molecule has 1 amide bonds. The third-order valence-corrected chi connectivity index (χ3v) is 5.16. The highest BCUT2D eigenvalue weighted by molar-refractivity contribution is 6.76. The van der Waals surface area contributed by atoms with E-state index in [2.05, 4.69) is 34.9 Å². The second-order valence-corrected chi connectivity index (χ2v) is 13.9. The summed E-state index contributed by atoms with van der Waals surface area (Å²) in [6, 6.07) is 1.11. The normalized spacial score (nSPS) is 12.6. The van der Waals surface area contributed by atoms with E-state index in [4.69, 9.17) is 4.74 Å². The summed E-state index contributed by atoms with van der Waals surface area (Å²) in [6.45, 7) is 13.9. The molecule has 2 aromatic heterocycles. The van der Waals surface area contributed by atoms with Crippen LogP contribution in [0.15, 0.2) is 18.6 Å². The van der Waals surface area contributed by atoms with Crippen molar-refractivity contribution in [3.05, 3.63) is 24.2 Å². The SMILES string of the molecule is CC(C)(C)NC(=O)c1cn(COCC[Si](C)(C)C)c2nccnc12. The van der Waals surface area contributed by atoms with Gasteiger partial charge in [-0.05, 0) is 26.8 Å². The fourth-order valence-corrected chi connectivity index (χ4v) is 2.98. The first-order valence-electron chi connectivity index (χ1n) is 8.27. The minimum atomic E-state index is -1.11. The van der Waals surface area contributed by atoms with Gasteiger partial charge >= 0.3 is 0 Å². The number of rotatable bonds is 6. The molecule has 0 fully saturated rings. The topological polar surface area (TPSA) is 69.0 Å². The zero-order valence-corrected chi connectivity index (χ0v) is 16.5. The Morgan fingerprint density at radius 2 is 1.92 bits per heavy atom. The summed E-state index contributed by atoms with van der Waals surface area (Å²) in [7, 11) is -1.11. The molecule has 0 bridgehead atoms. The summed E-state index contributed by atoms with van der Waals surface area (Å²) in [5.74, 6) is -0.145. The Morgan fingerprint density at radius 3 is 2.54 bits per heavy atom. The number of carbonyl (C=O) groups is 1. The number of nitrogens with one attached hydrogen (secondary N) is 1. The van der Waals surface area contributed by atoms with Crippen molar-refractivity contribution in [1.29, 1.82) is 0 Å². The Bertz CT molecular complexity index is 713. The van der Waals surface area contributed by atoms with E-state index in [1.54, 1.807) is 18.6 Å². The maximum absolute atomic E-state index is 12.5. The maximum Gasteiger partial charge on any atom is 0.255 e. The van der Waals surface area contributed by atoms with Crippen molar-refractivity contribution in [1.82, 2.24) is 19.9 Å². The van der Waals surface area contributed by atoms with Crippen LogP contribution < -0.4 is 5.32 Å². The van der Waals surface area contributed by atoms with Crippen LogP contribution in [0.2, 0.25) is 25.7 Å². The summed E-state index contributed by atoms with van der Waals surface area (Å²) in [5.41, 5.74) is 1.50. The Morgan fingerprint density at radius 1 is 1.25 bits per heavy atom. The van der Waals surface area contributed by atoms with Crippen LogP contribution in [0.5, 0.6) is 0 Å². The van der Waals surface area contributed by atoms with Crippen LogP contribution >= 0.6 is 0 Å². The summed E-state index contributed by atoms with van der Waals surface area (Å²) < 4.78 is 7.65. The third kappa shape index (κ3) is 5.14. The first kappa shape index (κ1) is 18.6. The summed E-state index contributed by atoms with van der Waals surface area (Å²) >= 11 is 0. The fourth-order valence-electron chi connectivity index (χ4n) is 2.22. The molecule has 0 spiro atoms. The van der Waals surface area contributed by atoms with Gasteiger partial charge in [0.15, 0.2) is 5.65 Å². The molecule has 2 aromatic rings. The van der Waals surface area contributed by atoms with Crippen molar-refractivity contribution in [3.8, 4) is 0 Å². The van der Waals surface area contributed by atoms with Crippen molar-refractivity contribution in [3.63, 3.8) is 0 Å². The minimum Gasteiger partial charge on any atom is -0.361 e. The number of hydrogen-bond donors (Lipinski definition) is 1. The van der Waals surface area contributed by atoms with Crippen molar-refractivity contribution in [2.75, 3.05) is 6.61 Å². The molecule has 132 valence electrons. The predicted molar refractivity (Wildman–Crippen MR) is 98.9 cm³/mol. The Hall–Kier alpha value is -1.73. The van der Waals surface area contributed by atoms with Gasteiger partial charge in [-0.2, -0.15) is 0 Å². The van der Waals surface area contributed by atoms with E-state index in [0.29, 0.717) is 23.5 Å². The minimum absolute atomic E-state index is 0.145. The third-order valence-electron chi connectivity index (χ3n) is 3.45. The number of aromatic nitrogens is 3. The standard InChI is InChI=1S/C17H28N4O2Si/c1-17(2,3)20-16(22)13-11-21(12-23-9-10-24(4,5)6)15-14(13)18-7-8-19-15/h7-8,11H,9-10,12H2,1-6H3,(H,20,22). The van der Waals surface area contributed by atoms with E-state index in [1.807, 2.05) is 25.3 Å². The van der Waals surface area contributed by atoms with Crippen LogP contribution in [-0.2, 0) is 11.5 Å². The van der Waals surface area contributed by atoms with Gasteiger partial charge in [-0.3, -0.25) is 9.78 Å². The van der Waals surface area contributed by atoms with Crippen LogP contribution in [-0.4, -0.2) is 40.7 Å². The molecule has 0 aliphatic carbocycles. The van der Waals surface area contributed by atoms with Gasteiger partial charge in [-0.1, -0.05) is 19.6 Å². The molecule has 1 N–H and O–H groups in total. The molecule has 7 heteroatoms. The Balaban J connectivity index is 2.18. The monoisotopic (exact) mass is 348 g/mol. The van der Waals surface area contributed by atoms with Gasteiger partial charge in [-0.25, -0.2) is 4.98 Å². The zero-order chi connectivity index (χ0) is 18.0. The van der Waals surface area contributed by atoms with Crippen molar-refractivity contribution in [2.45, 2.75) is 58.7 Å². The first-order valence-corrected chi connectivity index (χ1v) is 12.0. The average Bonchev–Trinajstić information content (AvgIpc) is 2.80. The number of hydrogen-bond acceptors (Lipinski definition) is 4. The lowest BCUT2D eigenvalue weighted by atomic mass is 10.1. The van der Waals surface area contributed by atoms with Crippen molar-refractivity contribution in [2.24, 2.45) is 0 Å². The van der Waals surface area contributed by atoms with Crippen LogP contribution in [0.25, 0.3) is 11.2 Å². The van der Waals surface area contributed by atoms with Gasteiger partial charge < -0.3 is 14.6 Å². The van der Waals surface area contributed by atoms with E-state index in [-0.39, 0.29) is 11.4 Å². The lowest BCUT2D eigenvalue weighted by Gasteiger charge is -2.19. The van der Waals surface area contributed by atoms with Gasteiger partial charge in [0.2, 0.25) is 0 Å². The highest BCUT2D eigenvalue weighted by Gasteiger charge is 2.21. The largest absolute Gasteiger partial charge is 0.361 e. The molecule has 0 unspecified atom stereocenters. The number of ether oxygens (including phenoxy) is 1. The molecule has 2 rings (SSSR count). The van der Waals surface area contributed by atoms with Gasteiger partial charge in [-0.15, -0.1) is 0 Å². The quantitative estimate of drug-likeness (QED) is 0.642. The molecule has 2 heterocycles. The van der Waals surface area contributed by atoms with E-state index in [9.17, 15) is 4.79 Å². The summed E-state index contributed by atoms with van der Waals surface area (Å²) in [6.07, 6.45) is 5.01. The molecule has 24 heavy (non-hydrogen) atoms. The molecule has 0 saturated heterocycles. The van der Waals surface area contributed by atoms with Gasteiger partial charge in [0, 0.05) is 38.8 Å². The molecular formula is C17H28N4O2Si. The maximum atomic E-state index is 12.5. The molecule has 0 radical (unpaired) electrons.